The van der Waals surface area contributed by atoms with Crippen molar-refractivity contribution in [3.05, 3.63) is 24.3 Å². The Morgan fingerprint density at radius 3 is 2.05 bits per heavy atom. The number of carbonyl (C=O) groups is 1. The molecule has 0 spiro atoms. The number of carboxylic acids is 1. The predicted octanol–water partition coefficient (Wildman–Crippen LogP) is 0.434. The van der Waals surface area contributed by atoms with Crippen molar-refractivity contribution in [1.29, 1.82) is 0 Å². The molecule has 1 aromatic carbocycles. The second kappa shape index (κ2) is 6.03. The molecule has 0 amide bonds. The van der Waals surface area contributed by atoms with Gasteiger partial charge in [0.25, 0.3) is 0 Å². The quantitative estimate of drug-likeness (QED) is 0.774. The number of hydrogen-bond acceptors (Lipinski definition) is 5. The molecule has 0 aliphatic heterocycles. The average Bonchev–Trinajstić information content (AvgIpc) is 2.37. The first-order valence-corrected chi connectivity index (χ1v) is 8.39. The van der Waals surface area contributed by atoms with Gasteiger partial charge in [-0.1, -0.05) is 12.1 Å². The summed E-state index contributed by atoms with van der Waals surface area (Å²) >= 11 is 0. The van der Waals surface area contributed by atoms with Gasteiger partial charge in [-0.15, -0.1) is 0 Å². The number of halogens is 2. The maximum absolute atomic E-state index is 12.6. The van der Waals surface area contributed by atoms with Gasteiger partial charge >= 0.3 is 11.7 Å². The lowest BCUT2D eigenvalue weighted by Crippen LogP contribution is -2.38. The van der Waals surface area contributed by atoms with Gasteiger partial charge in [-0.2, -0.15) is 13.5 Å². The molecular formula is C10H11F2NO6S2. The number of aliphatic carboxylic acids is 1. The summed E-state index contributed by atoms with van der Waals surface area (Å²) in [6.07, 6.45) is 0. The predicted molar refractivity (Wildman–Crippen MR) is 67.1 cm³/mol. The fourth-order valence-electron chi connectivity index (χ4n) is 1.35. The lowest BCUT2D eigenvalue weighted by molar-refractivity contribution is -0.138. The zero-order valence-corrected chi connectivity index (χ0v) is 12.2. The molecule has 0 saturated carbocycles. The minimum Gasteiger partial charge on any atom is -0.480 e. The van der Waals surface area contributed by atoms with Crippen LogP contribution < -0.4 is 4.72 Å². The molecule has 2 N–H and O–H groups in total. The number of hydrogen-bond donors (Lipinski definition) is 2. The molecule has 0 aliphatic rings. The second-order valence-corrected chi connectivity index (χ2v) is 7.50. The summed E-state index contributed by atoms with van der Waals surface area (Å²) in [6.45, 7) is 1.00. The lowest BCUT2D eigenvalue weighted by Gasteiger charge is -2.13. The van der Waals surface area contributed by atoms with E-state index >= 15 is 0 Å². The van der Waals surface area contributed by atoms with Gasteiger partial charge in [-0.05, 0) is 19.1 Å². The highest BCUT2D eigenvalue weighted by Crippen LogP contribution is 2.25. The number of carboxylic acid groups (broad SMARTS) is 1. The van der Waals surface area contributed by atoms with Crippen LogP contribution in [0.1, 0.15) is 6.92 Å². The van der Waals surface area contributed by atoms with Crippen molar-refractivity contribution in [3.8, 4) is 0 Å². The Morgan fingerprint density at radius 1 is 1.14 bits per heavy atom. The first kappa shape index (κ1) is 17.5. The molecule has 7 nitrogen and oxygen atoms in total. The van der Waals surface area contributed by atoms with Gasteiger partial charge in [0.15, 0.2) is 0 Å². The van der Waals surface area contributed by atoms with Crippen molar-refractivity contribution in [2.75, 3.05) is 0 Å². The molecule has 11 heteroatoms. The summed E-state index contributed by atoms with van der Waals surface area (Å²) < 4.78 is 73.6. The molecule has 0 radical (unpaired) electrons. The van der Waals surface area contributed by atoms with Crippen molar-refractivity contribution >= 4 is 25.8 Å². The largest absolute Gasteiger partial charge is 0.480 e. The first-order valence-electron chi connectivity index (χ1n) is 5.36. The van der Waals surface area contributed by atoms with Gasteiger partial charge in [-0.3, -0.25) is 4.79 Å². The SMILES string of the molecule is CC(NS(=O)(=O)c1ccccc1S(=O)(=O)C(F)F)C(=O)O. The van der Waals surface area contributed by atoms with Crippen LogP contribution in [0.2, 0.25) is 0 Å². The Hall–Kier alpha value is -1.59. The summed E-state index contributed by atoms with van der Waals surface area (Å²) in [6, 6.07) is 2.16. The Morgan fingerprint density at radius 2 is 1.62 bits per heavy atom. The smallest absolute Gasteiger partial charge is 0.341 e. The van der Waals surface area contributed by atoms with Crippen LogP contribution in [0.25, 0.3) is 0 Å². The molecule has 0 aromatic heterocycles. The number of sulfone groups is 1. The van der Waals surface area contributed by atoms with Crippen molar-refractivity contribution in [2.45, 2.75) is 28.5 Å². The molecule has 21 heavy (non-hydrogen) atoms. The van der Waals surface area contributed by atoms with Crippen LogP contribution in [0.3, 0.4) is 0 Å². The van der Waals surface area contributed by atoms with Gasteiger partial charge < -0.3 is 5.11 Å². The van der Waals surface area contributed by atoms with Gasteiger partial charge in [0.2, 0.25) is 19.9 Å². The average molecular weight is 343 g/mol. The molecule has 0 saturated heterocycles. The monoisotopic (exact) mass is 343 g/mol. The van der Waals surface area contributed by atoms with E-state index < -0.39 is 47.4 Å². The first-order chi connectivity index (χ1) is 9.50. The maximum atomic E-state index is 12.6. The Labute approximate surface area is 119 Å². The van der Waals surface area contributed by atoms with E-state index in [-0.39, 0.29) is 0 Å². The normalized spacial score (nSPS) is 14.1. The van der Waals surface area contributed by atoms with E-state index in [0.717, 1.165) is 25.1 Å². The molecule has 1 aromatic rings. The fraction of sp³-hybridized carbons (Fsp3) is 0.300. The number of benzene rings is 1. The Kier molecular flexibility index (Phi) is 5.02. The van der Waals surface area contributed by atoms with E-state index in [9.17, 15) is 30.4 Å². The maximum Gasteiger partial charge on any atom is 0.341 e. The topological polar surface area (TPSA) is 118 Å². The van der Waals surface area contributed by atoms with Gasteiger partial charge in [0, 0.05) is 0 Å². The van der Waals surface area contributed by atoms with Gasteiger partial charge in [-0.25, -0.2) is 16.8 Å². The molecule has 0 heterocycles. The minimum atomic E-state index is -5.15. The molecule has 0 aliphatic carbocycles. The summed E-state index contributed by atoms with van der Waals surface area (Å²) in [4.78, 5) is 8.61. The number of alkyl halides is 2. The fourth-order valence-corrected chi connectivity index (χ4v) is 4.12. The summed E-state index contributed by atoms with van der Waals surface area (Å²) in [5.41, 5.74) is 0. The molecular weight excluding hydrogens is 332 g/mol. The summed E-state index contributed by atoms with van der Waals surface area (Å²) in [7, 11) is -9.74. The molecule has 0 bridgehead atoms. The second-order valence-electron chi connectivity index (χ2n) is 3.93. The third-order valence-corrected chi connectivity index (χ3v) is 5.55. The van der Waals surface area contributed by atoms with Crippen LogP contribution in [-0.2, 0) is 24.7 Å². The van der Waals surface area contributed by atoms with Crippen LogP contribution in [0.15, 0.2) is 34.1 Å². The van der Waals surface area contributed by atoms with Crippen LogP contribution in [0.4, 0.5) is 8.78 Å². The third-order valence-electron chi connectivity index (χ3n) is 2.38. The van der Waals surface area contributed by atoms with E-state index in [1.165, 1.54) is 0 Å². The zero-order valence-electron chi connectivity index (χ0n) is 10.5. The summed E-state index contributed by atoms with van der Waals surface area (Å²) in [5.74, 6) is -5.31. The van der Waals surface area contributed by atoms with Gasteiger partial charge in [0.05, 0.1) is 4.90 Å². The van der Waals surface area contributed by atoms with Crippen LogP contribution in [-0.4, -0.2) is 39.7 Å². The van der Waals surface area contributed by atoms with E-state index in [0.29, 0.717) is 6.07 Å². The number of rotatable bonds is 6. The van der Waals surface area contributed by atoms with Gasteiger partial charge in [0.1, 0.15) is 10.9 Å². The van der Waals surface area contributed by atoms with Crippen LogP contribution in [0.5, 0.6) is 0 Å². The zero-order chi connectivity index (χ0) is 16.4. The van der Waals surface area contributed by atoms with Crippen molar-refractivity contribution in [1.82, 2.24) is 4.72 Å². The highest BCUT2D eigenvalue weighted by molar-refractivity contribution is 7.94. The molecule has 1 unspecified atom stereocenters. The van der Waals surface area contributed by atoms with E-state index in [1.807, 2.05) is 0 Å². The Balaban J connectivity index is 3.43. The minimum absolute atomic E-state index is 0.710. The third kappa shape index (κ3) is 3.74. The van der Waals surface area contributed by atoms with Crippen LogP contribution in [0, 0.1) is 0 Å². The van der Waals surface area contributed by atoms with Crippen LogP contribution >= 0.6 is 0 Å². The summed E-state index contributed by atoms with van der Waals surface area (Å²) in [5, 5.41) is 8.64. The number of nitrogens with one attached hydrogen (secondary N) is 1. The van der Waals surface area contributed by atoms with Crippen molar-refractivity contribution in [2.24, 2.45) is 0 Å². The standard InChI is InChI=1S/C10H11F2NO6S2/c1-6(9(14)15)13-21(18,19)8-5-3-2-4-7(8)20(16,17)10(11)12/h2-6,10,13H,1H3,(H,14,15). The Bertz CT molecular complexity index is 745. The van der Waals surface area contributed by atoms with Crippen molar-refractivity contribution in [3.63, 3.8) is 0 Å². The van der Waals surface area contributed by atoms with E-state index in [4.69, 9.17) is 5.11 Å². The highest BCUT2D eigenvalue weighted by atomic mass is 32.2. The molecule has 118 valence electrons. The number of sulfonamides is 1. The lowest BCUT2D eigenvalue weighted by atomic mass is 10.4. The highest BCUT2D eigenvalue weighted by Gasteiger charge is 2.34. The van der Waals surface area contributed by atoms with E-state index in [2.05, 4.69) is 0 Å². The molecule has 1 rings (SSSR count). The molecule has 0 fully saturated rings. The van der Waals surface area contributed by atoms with Crippen molar-refractivity contribution < 1.29 is 35.5 Å². The molecule has 1 atom stereocenters. The van der Waals surface area contributed by atoms with E-state index in [1.54, 1.807) is 4.72 Å².